The minimum absolute atomic E-state index is 0.00250. The molecule has 0 bridgehead atoms. The Morgan fingerprint density at radius 1 is 0.643 bits per heavy atom. The summed E-state index contributed by atoms with van der Waals surface area (Å²) in [4.78, 5) is -0.373. The molecule has 4 rings (SSSR count). The molecule has 304 valence electrons. The van der Waals surface area contributed by atoms with Gasteiger partial charge in [0.2, 0.25) is 0 Å². The Labute approximate surface area is 329 Å². The van der Waals surface area contributed by atoms with E-state index in [-0.39, 0.29) is 103 Å². The van der Waals surface area contributed by atoms with Crippen LogP contribution in [-0.2, 0) is 56.2 Å². The van der Waals surface area contributed by atoms with Gasteiger partial charge in [-0.1, -0.05) is 15.1 Å². The number of fused-ring (bicyclic) bond motifs is 1. The molecule has 4 aromatic rings. The highest BCUT2D eigenvalue weighted by atomic mass is 32.2. The average Bonchev–Trinajstić information content (AvgIpc) is 3.18. The van der Waals surface area contributed by atoms with Crippen LogP contribution in [-0.4, -0.2) is 76.7 Å². The van der Waals surface area contributed by atoms with Crippen molar-refractivity contribution in [3.05, 3.63) is 54.6 Å². The minimum atomic E-state index is -3.95. The Hall–Kier alpha value is -3.95. The number of sulfone groups is 2. The third kappa shape index (κ3) is 11.8. The zero-order valence-corrected chi connectivity index (χ0v) is 32.5. The zero-order chi connectivity index (χ0) is 40.7. The topological polar surface area (TPSA) is 317 Å². The SMILES string of the molecule is COc1ccc(S(=O)(=O)CCOSOOO)cc1/N=N/c1c(SOOO)cc2c(/N=N/c3cc(S(=O)(=O)CCOSOOO)ccc3OC)c(N)ccc2c1O. The molecule has 0 atom stereocenters. The van der Waals surface area contributed by atoms with Crippen molar-refractivity contribution >= 4 is 95.6 Å². The van der Waals surface area contributed by atoms with Gasteiger partial charge in [0.05, 0.1) is 71.4 Å². The summed E-state index contributed by atoms with van der Waals surface area (Å²) in [7, 11) is -5.24. The van der Waals surface area contributed by atoms with Crippen molar-refractivity contribution < 1.29 is 83.7 Å². The van der Waals surface area contributed by atoms with Crippen LogP contribution in [0.4, 0.5) is 28.4 Å². The van der Waals surface area contributed by atoms with Crippen LogP contribution in [0.5, 0.6) is 17.2 Å². The Morgan fingerprint density at radius 2 is 1.14 bits per heavy atom. The van der Waals surface area contributed by atoms with E-state index in [0.717, 1.165) is 0 Å². The largest absolute Gasteiger partial charge is 0.505 e. The smallest absolute Gasteiger partial charge is 0.197 e. The molecule has 6 N–H and O–H groups in total. The van der Waals surface area contributed by atoms with Gasteiger partial charge in [-0.2, -0.15) is 0 Å². The lowest BCUT2D eigenvalue weighted by atomic mass is 10.1. The molecule has 4 aromatic carbocycles. The molecule has 0 fully saturated rings. The first-order chi connectivity index (χ1) is 26.9. The van der Waals surface area contributed by atoms with Gasteiger partial charge in [-0.25, -0.2) is 32.6 Å². The average molecular weight is 884 g/mol. The van der Waals surface area contributed by atoms with Crippen LogP contribution in [0.2, 0.25) is 0 Å². The molecular weight excluding hydrogens is 855 g/mol. The van der Waals surface area contributed by atoms with E-state index in [1.54, 1.807) is 0 Å². The summed E-state index contributed by atoms with van der Waals surface area (Å²) in [5, 5.41) is 64.1. The lowest BCUT2D eigenvalue weighted by molar-refractivity contribution is -0.434. The number of benzene rings is 4. The normalized spacial score (nSPS) is 12.3. The Kier molecular flexibility index (Phi) is 17.2. The Bertz CT molecular complexity index is 2250. The zero-order valence-electron chi connectivity index (χ0n) is 28.4. The fourth-order valence-corrected chi connectivity index (χ4v) is 7.83. The molecule has 0 aliphatic rings. The summed E-state index contributed by atoms with van der Waals surface area (Å²) in [6, 6.07) is 11.8. The molecule has 0 heterocycles. The molecule has 0 aliphatic heterocycles. The molecule has 23 nitrogen and oxygen atoms in total. The third-order valence-corrected chi connectivity index (χ3v) is 11.7. The van der Waals surface area contributed by atoms with Crippen molar-refractivity contribution in [1.29, 1.82) is 0 Å². The number of anilines is 1. The van der Waals surface area contributed by atoms with Gasteiger partial charge >= 0.3 is 0 Å². The van der Waals surface area contributed by atoms with E-state index >= 15 is 0 Å². The minimum Gasteiger partial charge on any atom is -0.505 e. The summed E-state index contributed by atoms with van der Waals surface area (Å²) < 4.78 is 84.8. The summed E-state index contributed by atoms with van der Waals surface area (Å²) in [5.41, 5.74) is 6.00. The molecule has 28 heteroatoms. The fourth-order valence-electron chi connectivity index (χ4n) is 4.49. The van der Waals surface area contributed by atoms with Gasteiger partial charge < -0.3 is 20.3 Å². The number of hydrogen-bond donors (Lipinski definition) is 5. The number of phenolic OH excluding ortho intramolecular Hbond substituents is 1. The van der Waals surface area contributed by atoms with Crippen LogP contribution in [0.3, 0.4) is 0 Å². The van der Waals surface area contributed by atoms with Crippen LogP contribution in [0, 0.1) is 0 Å². The second-order valence-electron chi connectivity index (χ2n) is 10.2. The number of phenols is 1. The number of nitrogens with zero attached hydrogens (tertiary/aromatic N) is 4. The number of nitrogens with two attached hydrogens (primary N) is 1. The lowest BCUT2D eigenvalue weighted by Gasteiger charge is -2.12. The highest BCUT2D eigenvalue weighted by Gasteiger charge is 2.22. The third-order valence-electron chi connectivity index (χ3n) is 7.01. The molecular formula is C28H29N5O18S5. The van der Waals surface area contributed by atoms with Crippen molar-refractivity contribution in [3.8, 4) is 17.2 Å². The summed E-state index contributed by atoms with van der Waals surface area (Å²) in [5.74, 6) is -1.24. The second-order valence-corrected chi connectivity index (χ2v) is 16.1. The summed E-state index contributed by atoms with van der Waals surface area (Å²) in [6.07, 6.45) is 0. The van der Waals surface area contributed by atoms with Gasteiger partial charge in [0.1, 0.15) is 34.2 Å². The monoisotopic (exact) mass is 883 g/mol. The quantitative estimate of drug-likeness (QED) is 0.0126. The van der Waals surface area contributed by atoms with Crippen LogP contribution >= 0.6 is 36.7 Å². The molecule has 0 spiro atoms. The number of azo groups is 2. The molecule has 0 saturated heterocycles. The maximum absolute atomic E-state index is 12.9. The molecule has 0 amide bonds. The maximum atomic E-state index is 12.9. The first-order valence-corrected chi connectivity index (χ1v) is 20.2. The van der Waals surface area contributed by atoms with E-state index in [1.807, 2.05) is 0 Å². The number of ether oxygens (including phenoxy) is 2. The molecule has 0 unspecified atom stereocenters. The van der Waals surface area contributed by atoms with Crippen LogP contribution < -0.4 is 15.2 Å². The van der Waals surface area contributed by atoms with Crippen molar-refractivity contribution in [3.63, 3.8) is 0 Å². The van der Waals surface area contributed by atoms with Crippen molar-refractivity contribution in [2.75, 3.05) is 44.7 Å². The molecule has 0 saturated carbocycles. The predicted molar refractivity (Wildman–Crippen MR) is 196 cm³/mol. The van der Waals surface area contributed by atoms with Gasteiger partial charge in [-0.15, -0.1) is 33.5 Å². The number of rotatable bonds is 23. The van der Waals surface area contributed by atoms with Gasteiger partial charge in [0, 0.05) is 10.8 Å². The van der Waals surface area contributed by atoms with Crippen molar-refractivity contribution in [1.82, 2.24) is 0 Å². The van der Waals surface area contributed by atoms with E-state index < -0.39 is 36.9 Å². The molecule has 0 radical (unpaired) electrons. The highest BCUT2D eigenvalue weighted by molar-refractivity contribution is 7.94. The standard InChI is InChI=1S/C28H29N5O18S5/c1-42-23-7-3-16(55(38,39)11-9-44-53-50-47-36)13-21(23)30-32-26-19-15-25(52-49-46-35)27(28(34)18(19)5-6-20(26)29)33-31-22-14-17(4-8-24(22)43-2)56(40,41)12-10-45-54-51-48-37/h3-8,13-15,34-37H,9-12,29H2,1-2H3/b32-30+,33-31+. The van der Waals surface area contributed by atoms with E-state index in [0.29, 0.717) is 12.0 Å². The summed E-state index contributed by atoms with van der Waals surface area (Å²) in [6.45, 7) is -0.679. The fraction of sp³-hybridized carbons (Fsp3) is 0.214. The number of nitrogen functional groups attached to an aromatic ring is 1. The van der Waals surface area contributed by atoms with Gasteiger partial charge in [0.15, 0.2) is 50.1 Å². The van der Waals surface area contributed by atoms with Gasteiger partial charge in [-0.3, -0.25) is 8.37 Å². The van der Waals surface area contributed by atoms with Crippen molar-refractivity contribution in [2.45, 2.75) is 14.7 Å². The predicted octanol–water partition coefficient (Wildman–Crippen LogP) is 6.95. The van der Waals surface area contributed by atoms with Crippen LogP contribution in [0.1, 0.15) is 0 Å². The van der Waals surface area contributed by atoms with Crippen LogP contribution in [0.25, 0.3) is 10.8 Å². The highest BCUT2D eigenvalue weighted by Crippen LogP contribution is 2.48. The van der Waals surface area contributed by atoms with Gasteiger partial charge in [0.25, 0.3) is 0 Å². The molecule has 56 heavy (non-hydrogen) atoms. The first-order valence-electron chi connectivity index (χ1n) is 14.8. The van der Waals surface area contributed by atoms with Gasteiger partial charge in [-0.05, 0) is 54.6 Å². The maximum Gasteiger partial charge on any atom is 0.197 e. The Morgan fingerprint density at radius 3 is 1.62 bits per heavy atom. The molecule has 0 aliphatic carbocycles. The van der Waals surface area contributed by atoms with E-state index in [9.17, 15) is 21.9 Å². The van der Waals surface area contributed by atoms with E-state index in [1.165, 1.54) is 68.8 Å². The van der Waals surface area contributed by atoms with Crippen LogP contribution in [0.15, 0.2) is 89.7 Å². The number of methoxy groups -OCH3 is 2. The summed E-state index contributed by atoms with van der Waals surface area (Å²) >= 11 is 0.827. The van der Waals surface area contributed by atoms with Crippen molar-refractivity contribution in [2.24, 2.45) is 20.5 Å². The number of aromatic hydroxyl groups is 1. The number of hydrogen-bond acceptors (Lipinski definition) is 26. The lowest BCUT2D eigenvalue weighted by Crippen LogP contribution is -2.11. The first kappa shape index (κ1) is 44.8. The molecule has 0 aromatic heterocycles. The second kappa shape index (κ2) is 21.5. The Balaban J connectivity index is 1.73. The van der Waals surface area contributed by atoms with E-state index in [4.69, 9.17) is 39.3 Å². The van der Waals surface area contributed by atoms with E-state index in [2.05, 4.69) is 48.6 Å².